The van der Waals surface area contributed by atoms with Crippen LogP contribution in [-0.4, -0.2) is 73.5 Å². The Morgan fingerprint density at radius 3 is 2.38 bits per heavy atom. The number of rotatable bonds is 7. The van der Waals surface area contributed by atoms with Crippen LogP contribution in [0.4, 0.5) is 0 Å². The van der Waals surface area contributed by atoms with Gasteiger partial charge in [-0.05, 0) is 47.6 Å². The fraction of sp³-hybridized carbons (Fsp3) is 0.889. The lowest BCUT2D eigenvalue weighted by Gasteiger charge is -2.26. The van der Waals surface area contributed by atoms with Crippen molar-refractivity contribution in [3.63, 3.8) is 0 Å². The Kier molecular flexibility index (Phi) is 8.53. The maximum absolute atomic E-state index is 12.1. The molecule has 1 rings (SSSR count). The van der Waals surface area contributed by atoms with Gasteiger partial charge in [-0.1, -0.05) is 12.8 Å². The van der Waals surface area contributed by atoms with Crippen molar-refractivity contribution in [2.24, 2.45) is 4.99 Å². The predicted molar refractivity (Wildman–Crippen MR) is 101 cm³/mol. The summed E-state index contributed by atoms with van der Waals surface area (Å²) < 4.78 is 0. The smallest absolute Gasteiger partial charge is 0.240 e. The molecule has 0 atom stereocenters. The monoisotopic (exact) mass is 339 g/mol. The van der Waals surface area contributed by atoms with Crippen LogP contribution >= 0.6 is 0 Å². The molecule has 0 saturated heterocycles. The summed E-state index contributed by atoms with van der Waals surface area (Å²) in [4.78, 5) is 21.1. The van der Waals surface area contributed by atoms with Gasteiger partial charge in [0.1, 0.15) is 0 Å². The summed E-state index contributed by atoms with van der Waals surface area (Å²) in [5.41, 5.74) is -0.211. The molecule has 0 aromatic heterocycles. The molecule has 1 amide bonds. The van der Waals surface area contributed by atoms with Gasteiger partial charge in [0, 0.05) is 31.7 Å². The van der Waals surface area contributed by atoms with Crippen molar-refractivity contribution in [2.75, 3.05) is 40.3 Å². The van der Waals surface area contributed by atoms with Crippen LogP contribution in [0.25, 0.3) is 0 Å². The fourth-order valence-electron chi connectivity index (χ4n) is 3.06. The second-order valence-corrected chi connectivity index (χ2v) is 7.81. The van der Waals surface area contributed by atoms with Crippen molar-refractivity contribution >= 4 is 11.9 Å². The van der Waals surface area contributed by atoms with Crippen LogP contribution in [-0.2, 0) is 4.79 Å². The molecule has 1 fully saturated rings. The van der Waals surface area contributed by atoms with Crippen LogP contribution < -0.4 is 10.6 Å². The molecule has 0 bridgehead atoms. The van der Waals surface area contributed by atoms with E-state index in [-0.39, 0.29) is 11.4 Å². The first kappa shape index (κ1) is 20.7. The highest BCUT2D eigenvalue weighted by Crippen LogP contribution is 2.21. The summed E-state index contributed by atoms with van der Waals surface area (Å²) in [6.07, 6.45) is 5.33. The lowest BCUT2D eigenvalue weighted by Crippen LogP contribution is -2.49. The van der Waals surface area contributed by atoms with Gasteiger partial charge >= 0.3 is 0 Å². The molecule has 0 spiro atoms. The van der Waals surface area contributed by atoms with E-state index in [2.05, 4.69) is 27.6 Å². The van der Waals surface area contributed by atoms with Gasteiger partial charge < -0.3 is 20.4 Å². The third-order valence-corrected chi connectivity index (χ3v) is 4.25. The van der Waals surface area contributed by atoms with E-state index in [1.165, 1.54) is 25.7 Å². The number of nitrogens with zero attached hydrogens (tertiary/aromatic N) is 3. The summed E-state index contributed by atoms with van der Waals surface area (Å²) >= 11 is 0. The quantitative estimate of drug-likeness (QED) is 0.547. The highest BCUT2D eigenvalue weighted by molar-refractivity contribution is 5.86. The van der Waals surface area contributed by atoms with Crippen molar-refractivity contribution < 1.29 is 4.79 Å². The van der Waals surface area contributed by atoms with E-state index in [1.807, 2.05) is 39.6 Å². The van der Waals surface area contributed by atoms with Crippen molar-refractivity contribution in [1.29, 1.82) is 0 Å². The molecule has 0 aromatic rings. The minimum atomic E-state index is -0.211. The first-order valence-electron chi connectivity index (χ1n) is 9.23. The number of carbonyl (C=O) groups is 1. The van der Waals surface area contributed by atoms with Gasteiger partial charge in [0.2, 0.25) is 5.91 Å². The van der Waals surface area contributed by atoms with E-state index in [4.69, 9.17) is 0 Å². The van der Waals surface area contributed by atoms with E-state index < -0.39 is 0 Å². The summed E-state index contributed by atoms with van der Waals surface area (Å²) in [6.45, 7) is 10.8. The van der Waals surface area contributed by atoms with Gasteiger partial charge in [-0.25, -0.2) is 0 Å². The standard InChI is InChI=1S/C18H37N5O/c1-7-19-17(23(6)14-16(24)21-18(2,3)4)20-12-13-22(5)15-10-8-9-11-15/h15H,7-14H2,1-6H3,(H,19,20)(H,21,24). The number of hydrogen-bond donors (Lipinski definition) is 2. The number of likely N-dealkylation sites (N-methyl/N-ethyl adjacent to an activating group) is 2. The highest BCUT2D eigenvalue weighted by Gasteiger charge is 2.19. The second-order valence-electron chi connectivity index (χ2n) is 7.81. The highest BCUT2D eigenvalue weighted by atomic mass is 16.2. The molecule has 6 heteroatoms. The number of aliphatic imine (C=N–C) groups is 1. The van der Waals surface area contributed by atoms with Crippen LogP contribution in [0.2, 0.25) is 0 Å². The van der Waals surface area contributed by atoms with Crippen molar-refractivity contribution in [2.45, 2.75) is 65.0 Å². The number of nitrogens with one attached hydrogen (secondary N) is 2. The Hall–Kier alpha value is -1.30. The van der Waals surface area contributed by atoms with Crippen LogP contribution in [0, 0.1) is 0 Å². The molecule has 0 unspecified atom stereocenters. The molecule has 1 aliphatic rings. The SMILES string of the molecule is CCNC(=NCCN(C)C1CCCC1)N(C)CC(=O)NC(C)(C)C. The number of guanidine groups is 1. The molecule has 0 aromatic carbocycles. The van der Waals surface area contributed by atoms with Crippen LogP contribution in [0.1, 0.15) is 53.4 Å². The molecule has 6 nitrogen and oxygen atoms in total. The average molecular weight is 340 g/mol. The molecule has 2 N–H and O–H groups in total. The molecule has 1 saturated carbocycles. The summed E-state index contributed by atoms with van der Waals surface area (Å²) in [5.74, 6) is 0.806. The van der Waals surface area contributed by atoms with Gasteiger partial charge in [-0.3, -0.25) is 9.79 Å². The first-order chi connectivity index (χ1) is 11.2. The lowest BCUT2D eigenvalue weighted by atomic mass is 10.1. The van der Waals surface area contributed by atoms with Gasteiger partial charge in [0.15, 0.2) is 5.96 Å². The van der Waals surface area contributed by atoms with Crippen molar-refractivity contribution in [3.05, 3.63) is 0 Å². The van der Waals surface area contributed by atoms with E-state index >= 15 is 0 Å². The Balaban J connectivity index is 2.49. The topological polar surface area (TPSA) is 60.0 Å². The zero-order chi connectivity index (χ0) is 18.2. The zero-order valence-corrected chi connectivity index (χ0v) is 16.5. The molecule has 0 radical (unpaired) electrons. The first-order valence-corrected chi connectivity index (χ1v) is 9.23. The zero-order valence-electron chi connectivity index (χ0n) is 16.5. The minimum Gasteiger partial charge on any atom is -0.357 e. The Morgan fingerprint density at radius 2 is 1.83 bits per heavy atom. The largest absolute Gasteiger partial charge is 0.357 e. The van der Waals surface area contributed by atoms with Crippen LogP contribution in [0.3, 0.4) is 0 Å². The van der Waals surface area contributed by atoms with Gasteiger partial charge in [-0.2, -0.15) is 0 Å². The number of carbonyl (C=O) groups excluding carboxylic acids is 1. The predicted octanol–water partition coefficient (Wildman–Crippen LogP) is 1.67. The summed E-state index contributed by atoms with van der Waals surface area (Å²) in [6, 6.07) is 0.720. The fourth-order valence-corrected chi connectivity index (χ4v) is 3.06. The van der Waals surface area contributed by atoms with Gasteiger partial charge in [-0.15, -0.1) is 0 Å². The summed E-state index contributed by atoms with van der Waals surface area (Å²) in [5, 5.41) is 6.26. The van der Waals surface area contributed by atoms with E-state index in [0.29, 0.717) is 6.54 Å². The number of amides is 1. The van der Waals surface area contributed by atoms with Crippen LogP contribution in [0.15, 0.2) is 4.99 Å². The third kappa shape index (κ3) is 7.99. The molecular formula is C18H37N5O. The van der Waals surface area contributed by atoms with E-state index in [1.54, 1.807) is 0 Å². The van der Waals surface area contributed by atoms with Crippen molar-refractivity contribution in [1.82, 2.24) is 20.4 Å². The Morgan fingerprint density at radius 1 is 1.21 bits per heavy atom. The van der Waals surface area contributed by atoms with Crippen molar-refractivity contribution in [3.8, 4) is 0 Å². The maximum atomic E-state index is 12.1. The molecule has 0 aliphatic heterocycles. The van der Waals surface area contributed by atoms with E-state index in [0.717, 1.165) is 31.6 Å². The second kappa shape index (κ2) is 9.87. The molecule has 140 valence electrons. The normalized spacial score (nSPS) is 16.5. The lowest BCUT2D eigenvalue weighted by molar-refractivity contribution is -0.122. The molecular weight excluding hydrogens is 302 g/mol. The maximum Gasteiger partial charge on any atom is 0.240 e. The van der Waals surface area contributed by atoms with Gasteiger partial charge in [0.05, 0.1) is 13.1 Å². The summed E-state index contributed by atoms with van der Waals surface area (Å²) in [7, 11) is 4.10. The average Bonchev–Trinajstić information content (AvgIpc) is 2.98. The Labute approximate surface area is 148 Å². The third-order valence-electron chi connectivity index (χ3n) is 4.25. The molecule has 24 heavy (non-hydrogen) atoms. The van der Waals surface area contributed by atoms with E-state index in [9.17, 15) is 4.79 Å². The Bertz CT molecular complexity index is 410. The van der Waals surface area contributed by atoms with Crippen LogP contribution in [0.5, 0.6) is 0 Å². The molecule has 1 aliphatic carbocycles. The number of hydrogen-bond acceptors (Lipinski definition) is 3. The molecule has 0 heterocycles. The van der Waals surface area contributed by atoms with Gasteiger partial charge in [0.25, 0.3) is 0 Å². The minimum absolute atomic E-state index is 0.0127.